The predicted molar refractivity (Wildman–Crippen MR) is 117 cm³/mol. The summed E-state index contributed by atoms with van der Waals surface area (Å²) in [5.74, 6) is -4.66. The summed E-state index contributed by atoms with van der Waals surface area (Å²) in [6, 6.07) is 3.87. The second-order valence-corrected chi connectivity index (χ2v) is 7.78. The third-order valence-corrected chi connectivity index (χ3v) is 4.96. The van der Waals surface area contributed by atoms with Crippen LogP contribution < -0.4 is 5.32 Å². The Labute approximate surface area is 215 Å². The molecule has 39 heavy (non-hydrogen) atoms. The minimum Gasteiger partial charge on any atom is -0.475 e. The molecule has 18 heteroatoms. The lowest BCUT2D eigenvalue weighted by Gasteiger charge is -2.24. The van der Waals surface area contributed by atoms with E-state index < -0.39 is 24.3 Å². The van der Waals surface area contributed by atoms with Crippen molar-refractivity contribution < 1.29 is 55.4 Å². The van der Waals surface area contributed by atoms with Crippen LogP contribution in [0.25, 0.3) is 11.3 Å². The summed E-state index contributed by atoms with van der Waals surface area (Å²) in [6.07, 6.45) is -6.60. The zero-order valence-corrected chi connectivity index (χ0v) is 20.2. The molecule has 12 nitrogen and oxygen atoms in total. The average molecular weight is 568 g/mol. The number of hydrogen-bond acceptors (Lipinski definition) is 9. The topological polar surface area (TPSA) is 165 Å². The Morgan fingerprint density at radius 2 is 1.64 bits per heavy atom. The van der Waals surface area contributed by atoms with Crippen LogP contribution in [0.5, 0.6) is 0 Å². The van der Waals surface area contributed by atoms with Gasteiger partial charge in [0.05, 0.1) is 30.6 Å². The molecule has 0 saturated carbocycles. The van der Waals surface area contributed by atoms with Crippen LogP contribution in [0.3, 0.4) is 0 Å². The summed E-state index contributed by atoms with van der Waals surface area (Å²) in [6.45, 7) is 6.51. The first-order valence-corrected chi connectivity index (χ1v) is 10.8. The number of nitrogens with one attached hydrogen (secondary N) is 1. The summed E-state index contributed by atoms with van der Waals surface area (Å²) in [4.78, 5) is 21.8. The van der Waals surface area contributed by atoms with Gasteiger partial charge in [-0.05, 0) is 26.0 Å². The van der Waals surface area contributed by atoms with Crippen molar-refractivity contribution >= 4 is 11.9 Å². The predicted octanol–water partition coefficient (Wildman–Crippen LogP) is 2.90. The van der Waals surface area contributed by atoms with E-state index in [-0.39, 0.29) is 6.10 Å². The molecule has 4 heterocycles. The Bertz CT molecular complexity index is 1200. The number of aryl methyl sites for hydroxylation is 2. The molecule has 3 aromatic heterocycles. The van der Waals surface area contributed by atoms with E-state index in [1.54, 1.807) is 12.4 Å². The summed E-state index contributed by atoms with van der Waals surface area (Å²) >= 11 is 0. The number of aliphatic carboxylic acids is 2. The van der Waals surface area contributed by atoms with Gasteiger partial charge in [0, 0.05) is 36.6 Å². The number of carbonyl (C=O) groups is 2. The molecule has 0 amide bonds. The van der Waals surface area contributed by atoms with Crippen molar-refractivity contribution in [1.29, 1.82) is 0 Å². The van der Waals surface area contributed by atoms with Gasteiger partial charge in [0.15, 0.2) is 0 Å². The van der Waals surface area contributed by atoms with E-state index in [0.29, 0.717) is 19.7 Å². The van der Waals surface area contributed by atoms with E-state index in [4.69, 9.17) is 29.1 Å². The van der Waals surface area contributed by atoms with Gasteiger partial charge in [0.25, 0.3) is 0 Å². The average Bonchev–Trinajstić information content (AvgIpc) is 3.42. The van der Waals surface area contributed by atoms with Gasteiger partial charge in [0.1, 0.15) is 11.5 Å². The SMILES string of the molecule is Cc1noc(C)c1CNCC1Cn2nnc(-c3ccncc3)c2CO1.O=C(O)C(F)(F)F.O=C(O)C(F)(F)F. The number of rotatable bonds is 5. The Balaban J connectivity index is 0.000000317. The van der Waals surface area contributed by atoms with Gasteiger partial charge in [-0.3, -0.25) is 4.98 Å². The third-order valence-electron chi connectivity index (χ3n) is 4.96. The van der Waals surface area contributed by atoms with Gasteiger partial charge in [-0.25, -0.2) is 14.3 Å². The van der Waals surface area contributed by atoms with E-state index in [1.165, 1.54) is 0 Å². The van der Waals surface area contributed by atoms with Gasteiger partial charge >= 0.3 is 24.3 Å². The fourth-order valence-corrected chi connectivity index (χ4v) is 3.03. The number of hydrogen-bond donors (Lipinski definition) is 3. The van der Waals surface area contributed by atoms with Crippen LogP contribution in [0, 0.1) is 13.8 Å². The van der Waals surface area contributed by atoms with Crippen molar-refractivity contribution in [3.05, 3.63) is 47.2 Å². The number of carboxylic acids is 2. The number of nitrogens with zero attached hydrogens (tertiary/aromatic N) is 5. The maximum absolute atomic E-state index is 10.6. The van der Waals surface area contributed by atoms with Crippen LogP contribution in [-0.4, -0.2) is 72.3 Å². The number of carboxylic acid groups (broad SMARTS) is 2. The largest absolute Gasteiger partial charge is 0.490 e. The molecular weight excluding hydrogens is 546 g/mol. The standard InChI is InChI=1S/C17H20N6O2.2C2HF3O2/c1-11-15(12(2)25-21-11)8-19-7-14-9-23-16(10-24-14)17(20-22-23)13-3-5-18-6-4-13;2*3-2(4,5)1(6)7/h3-6,14,19H,7-10H2,1-2H3;2*(H,6,7). The highest BCUT2D eigenvalue weighted by atomic mass is 19.4. The van der Waals surface area contributed by atoms with E-state index in [0.717, 1.165) is 40.5 Å². The highest BCUT2D eigenvalue weighted by Gasteiger charge is 2.38. The molecule has 0 fully saturated rings. The number of aromatic nitrogens is 5. The lowest BCUT2D eigenvalue weighted by molar-refractivity contribution is -0.193. The van der Waals surface area contributed by atoms with Gasteiger partial charge in [-0.1, -0.05) is 10.4 Å². The van der Waals surface area contributed by atoms with Crippen molar-refractivity contribution in [2.45, 2.75) is 52.0 Å². The number of alkyl halides is 6. The lowest BCUT2D eigenvalue weighted by atomic mass is 10.1. The molecule has 1 atom stereocenters. The first kappa shape index (κ1) is 31.2. The third kappa shape index (κ3) is 9.32. The normalized spacial score (nSPS) is 14.8. The van der Waals surface area contributed by atoms with Gasteiger partial charge < -0.3 is 24.8 Å². The maximum Gasteiger partial charge on any atom is 0.490 e. The molecule has 1 unspecified atom stereocenters. The molecule has 0 aromatic carbocycles. The molecule has 0 radical (unpaired) electrons. The Morgan fingerprint density at radius 1 is 1.08 bits per heavy atom. The lowest BCUT2D eigenvalue weighted by Crippen LogP contribution is -2.36. The van der Waals surface area contributed by atoms with Crippen molar-refractivity contribution in [1.82, 2.24) is 30.5 Å². The second kappa shape index (κ2) is 13.1. The van der Waals surface area contributed by atoms with E-state index >= 15 is 0 Å². The van der Waals surface area contributed by atoms with Crippen molar-refractivity contribution in [2.75, 3.05) is 6.54 Å². The highest BCUT2D eigenvalue weighted by Crippen LogP contribution is 2.24. The summed E-state index contributed by atoms with van der Waals surface area (Å²) in [5.41, 5.74) is 4.92. The second-order valence-electron chi connectivity index (χ2n) is 7.78. The van der Waals surface area contributed by atoms with E-state index in [1.807, 2.05) is 30.7 Å². The van der Waals surface area contributed by atoms with Crippen molar-refractivity contribution in [3.63, 3.8) is 0 Å². The molecule has 3 aromatic rings. The maximum atomic E-state index is 10.6. The minimum atomic E-state index is -5.08. The van der Waals surface area contributed by atoms with E-state index in [9.17, 15) is 26.3 Å². The fraction of sp³-hybridized carbons (Fsp3) is 0.429. The van der Waals surface area contributed by atoms with Crippen LogP contribution in [-0.2, 0) is 34.0 Å². The van der Waals surface area contributed by atoms with Gasteiger partial charge in [-0.15, -0.1) is 5.10 Å². The molecule has 0 aliphatic carbocycles. The molecule has 3 N–H and O–H groups in total. The van der Waals surface area contributed by atoms with Crippen molar-refractivity contribution in [3.8, 4) is 11.3 Å². The molecule has 0 bridgehead atoms. The van der Waals surface area contributed by atoms with Crippen LogP contribution in [0.4, 0.5) is 26.3 Å². The molecule has 1 aliphatic rings. The van der Waals surface area contributed by atoms with Crippen LogP contribution in [0.2, 0.25) is 0 Å². The molecular formula is C21H22F6N6O6. The summed E-state index contributed by atoms with van der Waals surface area (Å²) in [5, 5.41) is 30.2. The van der Waals surface area contributed by atoms with Gasteiger partial charge in [0.2, 0.25) is 0 Å². The molecule has 1 aliphatic heterocycles. The first-order chi connectivity index (χ1) is 18.1. The Hall–Kier alpha value is -4.06. The number of pyridine rings is 1. The number of fused-ring (bicyclic) bond motifs is 1. The smallest absolute Gasteiger partial charge is 0.475 e. The fourth-order valence-electron chi connectivity index (χ4n) is 3.03. The zero-order valence-electron chi connectivity index (χ0n) is 20.2. The Morgan fingerprint density at radius 3 is 2.13 bits per heavy atom. The van der Waals surface area contributed by atoms with E-state index in [2.05, 4.69) is 25.8 Å². The Kier molecular flexibility index (Phi) is 10.5. The van der Waals surface area contributed by atoms with Crippen LogP contribution >= 0.6 is 0 Å². The van der Waals surface area contributed by atoms with Crippen LogP contribution in [0.15, 0.2) is 29.0 Å². The number of ether oxygens (including phenoxy) is 1. The molecule has 214 valence electrons. The number of halogens is 6. The first-order valence-electron chi connectivity index (χ1n) is 10.8. The zero-order chi connectivity index (χ0) is 29.4. The van der Waals surface area contributed by atoms with Crippen LogP contribution in [0.1, 0.15) is 22.7 Å². The monoisotopic (exact) mass is 568 g/mol. The molecule has 4 rings (SSSR count). The van der Waals surface area contributed by atoms with Crippen molar-refractivity contribution in [2.24, 2.45) is 0 Å². The summed E-state index contributed by atoms with van der Waals surface area (Å²) < 4.78 is 76.6. The quantitative estimate of drug-likeness (QED) is 0.388. The molecule has 0 saturated heterocycles. The van der Waals surface area contributed by atoms with Gasteiger partial charge in [-0.2, -0.15) is 26.3 Å². The minimum absolute atomic E-state index is 0.0555. The molecule has 0 spiro atoms. The highest BCUT2D eigenvalue weighted by molar-refractivity contribution is 5.73. The summed E-state index contributed by atoms with van der Waals surface area (Å²) in [7, 11) is 0.